The van der Waals surface area contributed by atoms with Gasteiger partial charge in [-0.15, -0.1) is 0 Å². The number of hydrogen-bond donors (Lipinski definition) is 0. The number of rotatable bonds is 8. The SMILES string of the molecule is CC1C=C(n2c3ccccc3c3cc(C4C=Cc5oc6cccc(N(c7ccc8c(c7)C(c7ccccc7)(c7ccccc7)c7ccccc7-8)c7ccccc7-c7ccccc7)c6c5C4C)ccc32)C=CC1. The average Bonchev–Trinajstić information content (AvgIpc) is 4.09. The summed E-state index contributed by atoms with van der Waals surface area (Å²) in [4.78, 5) is 2.51. The highest BCUT2D eigenvalue weighted by molar-refractivity contribution is 6.11. The lowest BCUT2D eigenvalue weighted by Crippen LogP contribution is -2.28. The van der Waals surface area contributed by atoms with Crippen LogP contribution in [-0.2, 0) is 5.41 Å². The van der Waals surface area contributed by atoms with Crippen LogP contribution in [0.2, 0.25) is 0 Å². The summed E-state index contributed by atoms with van der Waals surface area (Å²) in [6, 6.07) is 80.8. The number of para-hydroxylation sites is 2. The monoisotopic (exact) mass is 924 g/mol. The molecule has 0 saturated heterocycles. The number of allylic oxidation sites excluding steroid dienone is 5. The van der Waals surface area contributed by atoms with Crippen LogP contribution in [0.3, 0.4) is 0 Å². The van der Waals surface area contributed by atoms with Crippen LogP contribution >= 0.6 is 0 Å². The number of nitrogens with zero attached hydrogens (tertiary/aromatic N) is 2. The van der Waals surface area contributed by atoms with E-state index in [0.717, 1.165) is 51.3 Å². The van der Waals surface area contributed by atoms with Gasteiger partial charge in [-0.1, -0.05) is 202 Å². The van der Waals surface area contributed by atoms with Crippen molar-refractivity contribution in [2.24, 2.45) is 5.92 Å². The smallest absolute Gasteiger partial charge is 0.137 e. The van der Waals surface area contributed by atoms with Crippen molar-refractivity contribution in [3.63, 3.8) is 0 Å². The molecule has 0 bridgehead atoms. The molecule has 9 aromatic carbocycles. The maximum absolute atomic E-state index is 6.97. The summed E-state index contributed by atoms with van der Waals surface area (Å²) >= 11 is 0. The van der Waals surface area contributed by atoms with Gasteiger partial charge in [-0.3, -0.25) is 0 Å². The van der Waals surface area contributed by atoms with Gasteiger partial charge in [0, 0.05) is 44.6 Å². The normalized spacial score (nSPS) is 17.5. The van der Waals surface area contributed by atoms with Gasteiger partial charge in [0.1, 0.15) is 11.3 Å². The summed E-state index contributed by atoms with van der Waals surface area (Å²) in [6.07, 6.45) is 12.7. The summed E-state index contributed by atoms with van der Waals surface area (Å²) in [5.74, 6) is 1.65. The number of hydrogen-bond acceptors (Lipinski definition) is 2. The summed E-state index contributed by atoms with van der Waals surface area (Å²) < 4.78 is 9.42. The minimum atomic E-state index is -0.557. The lowest BCUT2D eigenvalue weighted by atomic mass is 9.67. The molecule has 3 atom stereocenters. The quantitative estimate of drug-likeness (QED) is 0.151. The third-order valence-corrected chi connectivity index (χ3v) is 16.0. The highest BCUT2D eigenvalue weighted by Gasteiger charge is 2.46. The Morgan fingerprint density at radius 1 is 0.542 bits per heavy atom. The summed E-state index contributed by atoms with van der Waals surface area (Å²) in [6.45, 7) is 4.70. The minimum absolute atomic E-state index is 0.104. The average molecular weight is 925 g/mol. The number of benzene rings is 9. The number of furan rings is 1. The van der Waals surface area contributed by atoms with E-state index >= 15 is 0 Å². The van der Waals surface area contributed by atoms with Crippen molar-refractivity contribution < 1.29 is 4.42 Å². The molecular formula is C69H52N2O. The largest absolute Gasteiger partial charge is 0.456 e. The molecule has 3 aliphatic carbocycles. The fraction of sp³-hybridized carbons (Fsp3) is 0.101. The zero-order valence-corrected chi connectivity index (χ0v) is 40.4. The Bertz CT molecular complexity index is 3960. The molecule has 14 rings (SSSR count). The molecule has 0 N–H and O–H groups in total. The first kappa shape index (κ1) is 42.2. The second-order valence-corrected chi connectivity index (χ2v) is 20.0. The van der Waals surface area contributed by atoms with Gasteiger partial charge in [0.25, 0.3) is 0 Å². The molecule has 2 aromatic heterocycles. The van der Waals surface area contributed by atoms with Gasteiger partial charge >= 0.3 is 0 Å². The van der Waals surface area contributed by atoms with Crippen LogP contribution in [0.15, 0.2) is 247 Å². The number of aromatic nitrogens is 1. The summed E-state index contributed by atoms with van der Waals surface area (Å²) in [5, 5.41) is 3.70. The Morgan fingerprint density at radius 2 is 1.21 bits per heavy atom. The zero-order valence-electron chi connectivity index (χ0n) is 40.4. The highest BCUT2D eigenvalue weighted by atomic mass is 16.3. The third kappa shape index (κ3) is 6.36. The Hall–Kier alpha value is -8.66. The van der Waals surface area contributed by atoms with E-state index in [2.05, 4.69) is 272 Å². The van der Waals surface area contributed by atoms with Crippen LogP contribution < -0.4 is 4.90 Å². The maximum Gasteiger partial charge on any atom is 0.137 e. The van der Waals surface area contributed by atoms with Crippen molar-refractivity contribution in [3.05, 3.63) is 282 Å². The van der Waals surface area contributed by atoms with Gasteiger partial charge in [0.05, 0.1) is 27.8 Å². The van der Waals surface area contributed by atoms with Crippen molar-refractivity contribution in [2.75, 3.05) is 4.90 Å². The predicted octanol–water partition coefficient (Wildman–Crippen LogP) is 18.4. The van der Waals surface area contributed by atoms with E-state index < -0.39 is 5.41 Å². The van der Waals surface area contributed by atoms with Gasteiger partial charge in [-0.05, 0) is 123 Å². The van der Waals surface area contributed by atoms with Crippen molar-refractivity contribution in [3.8, 4) is 22.3 Å². The van der Waals surface area contributed by atoms with Crippen molar-refractivity contribution in [1.82, 2.24) is 4.57 Å². The van der Waals surface area contributed by atoms with Crippen LogP contribution in [0, 0.1) is 5.92 Å². The van der Waals surface area contributed by atoms with Gasteiger partial charge in [-0.2, -0.15) is 0 Å². The molecule has 72 heavy (non-hydrogen) atoms. The van der Waals surface area contributed by atoms with E-state index in [9.17, 15) is 0 Å². The first-order valence-corrected chi connectivity index (χ1v) is 25.5. The lowest BCUT2D eigenvalue weighted by Gasteiger charge is -2.35. The first-order chi connectivity index (χ1) is 35.6. The molecule has 0 radical (unpaired) electrons. The molecule has 0 fully saturated rings. The van der Waals surface area contributed by atoms with E-state index in [0.29, 0.717) is 5.92 Å². The van der Waals surface area contributed by atoms with Crippen LogP contribution in [0.25, 0.3) is 66.8 Å². The topological polar surface area (TPSA) is 21.3 Å². The Morgan fingerprint density at radius 3 is 2.00 bits per heavy atom. The van der Waals surface area contributed by atoms with Crippen LogP contribution in [0.4, 0.5) is 17.1 Å². The maximum atomic E-state index is 6.97. The molecule has 3 nitrogen and oxygen atoms in total. The van der Waals surface area contributed by atoms with E-state index in [4.69, 9.17) is 4.42 Å². The second kappa shape index (κ2) is 16.7. The standard InChI is InChI=1S/C69H52N2O/c1-45-20-18-27-51(42-45)70-62-33-17-14-30-57(62)58-43-48(36-40-63(58)70)53-39-41-66-67(46(53)2)68-64(34-19-35-65(68)72-66)71(61-32-16-13-28-54(61)47-21-6-3-7-22-47)52-37-38-56-55-29-12-15-31-59(55)69(60(56)44-52,49-23-8-4-9-24-49)50-25-10-5-11-26-50/h3-19,21-46,53H,20H2,1-2H3. The predicted molar refractivity (Wildman–Crippen MR) is 300 cm³/mol. The van der Waals surface area contributed by atoms with E-state index in [1.54, 1.807) is 0 Å². The molecule has 0 saturated carbocycles. The molecule has 344 valence electrons. The number of anilines is 3. The molecule has 3 heteroatoms. The molecule has 11 aromatic rings. The van der Waals surface area contributed by atoms with Crippen LogP contribution in [0.1, 0.15) is 71.2 Å². The zero-order chi connectivity index (χ0) is 47.9. The van der Waals surface area contributed by atoms with Gasteiger partial charge < -0.3 is 13.9 Å². The highest BCUT2D eigenvalue weighted by Crippen LogP contribution is 2.58. The van der Waals surface area contributed by atoms with Crippen molar-refractivity contribution in [2.45, 2.75) is 37.5 Å². The van der Waals surface area contributed by atoms with Crippen molar-refractivity contribution >= 4 is 61.6 Å². The third-order valence-electron chi connectivity index (χ3n) is 16.0. The molecule has 0 spiro atoms. The minimum Gasteiger partial charge on any atom is -0.456 e. The lowest BCUT2D eigenvalue weighted by molar-refractivity contribution is 0.574. The Labute approximate surface area is 421 Å². The van der Waals surface area contributed by atoms with Crippen LogP contribution in [-0.4, -0.2) is 4.57 Å². The molecule has 2 heterocycles. The fourth-order valence-corrected chi connectivity index (χ4v) is 12.8. The molecular weight excluding hydrogens is 873 g/mol. The Kier molecular flexibility index (Phi) is 9.83. The summed E-state index contributed by atoms with van der Waals surface area (Å²) in [7, 11) is 0. The molecule has 0 amide bonds. The van der Waals surface area contributed by atoms with Gasteiger partial charge in [-0.25, -0.2) is 0 Å². The van der Waals surface area contributed by atoms with E-state index in [1.807, 2.05) is 0 Å². The molecule has 3 unspecified atom stereocenters. The second-order valence-electron chi connectivity index (χ2n) is 20.0. The van der Waals surface area contributed by atoms with Gasteiger partial charge in [0.15, 0.2) is 0 Å². The number of fused-ring (bicyclic) bond motifs is 9. The molecule has 0 aliphatic heterocycles. The van der Waals surface area contributed by atoms with Crippen molar-refractivity contribution in [1.29, 1.82) is 0 Å². The molecule has 3 aliphatic rings. The van der Waals surface area contributed by atoms with E-state index in [1.165, 1.54) is 72.0 Å². The van der Waals surface area contributed by atoms with Crippen LogP contribution in [0.5, 0.6) is 0 Å². The Balaban J connectivity index is 0.977. The van der Waals surface area contributed by atoms with E-state index in [-0.39, 0.29) is 11.8 Å². The summed E-state index contributed by atoms with van der Waals surface area (Å²) in [5.41, 5.74) is 19.7. The first-order valence-electron chi connectivity index (χ1n) is 25.5. The van der Waals surface area contributed by atoms with Gasteiger partial charge in [0.2, 0.25) is 0 Å². The fourth-order valence-electron chi connectivity index (χ4n) is 12.8.